The van der Waals surface area contributed by atoms with Crippen molar-refractivity contribution in [3.63, 3.8) is 0 Å². The molecule has 172 valence electrons. The van der Waals surface area contributed by atoms with Gasteiger partial charge in [0, 0.05) is 38.2 Å². The summed E-state index contributed by atoms with van der Waals surface area (Å²) in [6, 6.07) is 0. The molecule has 0 radical (unpaired) electrons. The quantitative estimate of drug-likeness (QED) is 0.182. The van der Waals surface area contributed by atoms with Crippen LogP contribution >= 0.6 is 0 Å². The van der Waals surface area contributed by atoms with Crippen LogP contribution in [0.1, 0.15) is 58.3 Å². The van der Waals surface area contributed by atoms with Crippen molar-refractivity contribution in [2.75, 3.05) is 26.2 Å². The summed E-state index contributed by atoms with van der Waals surface area (Å²) in [5.74, 6) is -2.63. The first-order valence-electron chi connectivity index (χ1n) is 9.67. The van der Waals surface area contributed by atoms with E-state index < -0.39 is 17.9 Å². The summed E-state index contributed by atoms with van der Waals surface area (Å²) in [5, 5.41) is 34.7. The molecule has 0 amide bonds. The third kappa shape index (κ3) is 66.7. The van der Waals surface area contributed by atoms with Gasteiger partial charge in [0.25, 0.3) is 0 Å². The first-order valence-corrected chi connectivity index (χ1v) is 9.67. The van der Waals surface area contributed by atoms with Gasteiger partial charge in [-0.15, -0.1) is 0 Å². The first kappa shape index (κ1) is 34.3. The van der Waals surface area contributed by atoms with Crippen molar-refractivity contribution in [3.8, 4) is 0 Å². The molecule has 0 aliphatic rings. The maximum absolute atomic E-state index is 10.1. The summed E-state index contributed by atoms with van der Waals surface area (Å²) < 4.78 is 0. The van der Waals surface area contributed by atoms with Crippen molar-refractivity contribution < 1.29 is 34.8 Å². The summed E-state index contributed by atoms with van der Waals surface area (Å²) in [7, 11) is 0. The molecule has 0 saturated heterocycles. The van der Waals surface area contributed by atoms with Crippen LogP contribution in [0.5, 0.6) is 0 Å². The maximum atomic E-state index is 10.1. The Morgan fingerprint density at radius 1 is 0.862 bits per heavy atom. The van der Waals surface area contributed by atoms with Crippen LogP contribution in [-0.2, 0) is 14.4 Å². The van der Waals surface area contributed by atoms with Crippen LogP contribution in [0, 0.1) is 0 Å². The molecule has 0 unspecified atom stereocenters. The van der Waals surface area contributed by atoms with Gasteiger partial charge in [0.05, 0.1) is 6.61 Å². The number of carboxylic acids is 3. The minimum Gasteiger partial charge on any atom is -0.481 e. The SMILES string of the molecule is C=CC(=O)O.C=CC(=O)O.CCCCCCCCCC(=O)O.NCCNCCO. The highest BCUT2D eigenvalue weighted by Crippen LogP contribution is 2.07. The van der Waals surface area contributed by atoms with Gasteiger partial charge in [0.1, 0.15) is 0 Å². The van der Waals surface area contributed by atoms with Crippen LogP contribution in [0.25, 0.3) is 0 Å². The minimum atomic E-state index is -0.981. The van der Waals surface area contributed by atoms with Crippen LogP contribution in [0.15, 0.2) is 25.3 Å². The number of aliphatic hydroxyl groups excluding tert-OH is 1. The Balaban J connectivity index is -0.000000157. The molecule has 0 bridgehead atoms. The Labute approximate surface area is 174 Å². The molecule has 0 atom stereocenters. The van der Waals surface area contributed by atoms with Gasteiger partial charge in [-0.2, -0.15) is 0 Å². The van der Waals surface area contributed by atoms with E-state index in [0.29, 0.717) is 19.5 Å². The zero-order chi connectivity index (χ0) is 23.3. The molecule has 0 heterocycles. The lowest BCUT2D eigenvalue weighted by Crippen LogP contribution is -2.24. The largest absolute Gasteiger partial charge is 0.481 e. The lowest BCUT2D eigenvalue weighted by atomic mass is 10.1. The predicted molar refractivity (Wildman–Crippen MR) is 115 cm³/mol. The van der Waals surface area contributed by atoms with E-state index in [0.717, 1.165) is 31.5 Å². The summed E-state index contributed by atoms with van der Waals surface area (Å²) in [4.78, 5) is 28.6. The fourth-order valence-corrected chi connectivity index (χ4v) is 1.54. The van der Waals surface area contributed by atoms with Crippen molar-refractivity contribution in [1.82, 2.24) is 5.32 Å². The van der Waals surface area contributed by atoms with Gasteiger partial charge in [0.2, 0.25) is 0 Å². The normalized spacial score (nSPS) is 8.66. The molecule has 0 saturated carbocycles. The van der Waals surface area contributed by atoms with Crippen molar-refractivity contribution >= 4 is 17.9 Å². The van der Waals surface area contributed by atoms with E-state index in [1.54, 1.807) is 0 Å². The summed E-state index contributed by atoms with van der Waals surface area (Å²) >= 11 is 0. The topological polar surface area (TPSA) is 170 Å². The maximum Gasteiger partial charge on any atom is 0.327 e. The third-order valence-electron chi connectivity index (χ3n) is 2.95. The predicted octanol–water partition coefficient (Wildman–Crippen LogP) is 2.25. The molecule has 9 heteroatoms. The monoisotopic (exact) mass is 420 g/mol. The number of carboxylic acid groups (broad SMARTS) is 3. The molecule has 0 aromatic heterocycles. The zero-order valence-electron chi connectivity index (χ0n) is 17.6. The number of unbranched alkanes of at least 4 members (excludes halogenated alkanes) is 6. The number of hydrogen-bond donors (Lipinski definition) is 6. The molecule has 0 rings (SSSR count). The van der Waals surface area contributed by atoms with Crippen LogP contribution in [0.3, 0.4) is 0 Å². The lowest BCUT2D eigenvalue weighted by Gasteiger charge is -1.98. The van der Waals surface area contributed by atoms with E-state index in [2.05, 4.69) is 25.4 Å². The van der Waals surface area contributed by atoms with E-state index in [1.165, 1.54) is 32.1 Å². The van der Waals surface area contributed by atoms with E-state index in [4.69, 9.17) is 26.2 Å². The molecule has 0 aromatic rings. The Bertz CT molecular complexity index is 380. The molecular weight excluding hydrogens is 380 g/mol. The molecule has 0 spiro atoms. The fraction of sp³-hybridized carbons (Fsp3) is 0.650. The second-order valence-electron chi connectivity index (χ2n) is 5.61. The lowest BCUT2D eigenvalue weighted by molar-refractivity contribution is -0.137. The number of carbonyl (C=O) groups is 3. The second-order valence-corrected chi connectivity index (χ2v) is 5.61. The average molecular weight is 421 g/mol. The molecule has 0 aliphatic heterocycles. The number of aliphatic hydroxyl groups is 1. The van der Waals surface area contributed by atoms with Gasteiger partial charge in [-0.1, -0.05) is 58.6 Å². The summed E-state index contributed by atoms with van der Waals surface area (Å²) in [5.41, 5.74) is 5.13. The van der Waals surface area contributed by atoms with Gasteiger partial charge in [-0.25, -0.2) is 9.59 Å². The molecule has 9 nitrogen and oxygen atoms in total. The number of rotatable bonds is 14. The van der Waals surface area contributed by atoms with Crippen LogP contribution in [0.4, 0.5) is 0 Å². The van der Waals surface area contributed by atoms with E-state index in [1.807, 2.05) is 0 Å². The van der Waals surface area contributed by atoms with Gasteiger partial charge in [-0.05, 0) is 6.42 Å². The van der Waals surface area contributed by atoms with Crippen LogP contribution < -0.4 is 11.1 Å². The number of hydrogen-bond acceptors (Lipinski definition) is 6. The van der Waals surface area contributed by atoms with Gasteiger partial charge in [0.15, 0.2) is 0 Å². The Kier molecular flexibility index (Phi) is 39.4. The van der Waals surface area contributed by atoms with E-state index in [9.17, 15) is 14.4 Å². The molecule has 0 aliphatic carbocycles. The molecule has 29 heavy (non-hydrogen) atoms. The smallest absolute Gasteiger partial charge is 0.327 e. The van der Waals surface area contributed by atoms with E-state index >= 15 is 0 Å². The standard InChI is InChI=1S/C10H20O2.C4H12N2O.2C3H4O2/c1-2-3-4-5-6-7-8-9-10(11)12;5-1-2-6-3-4-7;2*1-2-3(4)5/h2-9H2,1H3,(H,11,12);6-7H,1-5H2;2*2H,1H2,(H,4,5). The number of nitrogens with two attached hydrogens (primary N) is 1. The molecular formula is C20H40N2O7. The van der Waals surface area contributed by atoms with Crippen molar-refractivity contribution in [2.24, 2.45) is 5.73 Å². The van der Waals surface area contributed by atoms with Crippen molar-refractivity contribution in [3.05, 3.63) is 25.3 Å². The second kappa shape index (κ2) is 33.4. The zero-order valence-corrected chi connectivity index (χ0v) is 17.6. The molecule has 0 fully saturated rings. The molecule has 0 aromatic carbocycles. The van der Waals surface area contributed by atoms with Crippen molar-refractivity contribution in [2.45, 2.75) is 58.3 Å². The van der Waals surface area contributed by atoms with Crippen LogP contribution in [-0.4, -0.2) is 64.6 Å². The highest BCUT2D eigenvalue weighted by molar-refractivity contribution is 5.79. The van der Waals surface area contributed by atoms with E-state index in [-0.39, 0.29) is 6.61 Å². The first-order chi connectivity index (χ1) is 13.7. The summed E-state index contributed by atoms with van der Waals surface area (Å²) in [6.07, 6.45) is 10.3. The third-order valence-corrected chi connectivity index (χ3v) is 2.95. The Morgan fingerprint density at radius 2 is 1.28 bits per heavy atom. The van der Waals surface area contributed by atoms with Crippen molar-refractivity contribution in [1.29, 1.82) is 0 Å². The van der Waals surface area contributed by atoms with Gasteiger partial charge < -0.3 is 31.5 Å². The van der Waals surface area contributed by atoms with Gasteiger partial charge in [-0.3, -0.25) is 4.79 Å². The fourth-order valence-electron chi connectivity index (χ4n) is 1.54. The molecule has 7 N–H and O–H groups in total. The average Bonchev–Trinajstić information content (AvgIpc) is 2.69. The highest BCUT2D eigenvalue weighted by atomic mass is 16.4. The Hall–Kier alpha value is -2.23. The Morgan fingerprint density at radius 3 is 1.59 bits per heavy atom. The van der Waals surface area contributed by atoms with Gasteiger partial charge >= 0.3 is 17.9 Å². The minimum absolute atomic E-state index is 0.194. The summed E-state index contributed by atoms with van der Waals surface area (Å²) in [6.45, 7) is 10.4. The highest BCUT2D eigenvalue weighted by Gasteiger charge is 1.95. The number of nitrogens with one attached hydrogen (secondary N) is 1. The number of aliphatic carboxylic acids is 3. The van der Waals surface area contributed by atoms with Crippen LogP contribution in [0.2, 0.25) is 0 Å².